The molecule has 0 aromatic rings. The molecule has 0 N–H and O–H groups in total. The van der Waals surface area contributed by atoms with Crippen LogP contribution < -0.4 is 0 Å². The van der Waals surface area contributed by atoms with Crippen molar-refractivity contribution in [2.24, 2.45) is 0 Å². The standard InChI is InChI=1S/C12H27NS/c1-4-6-8-10-12(3)13(14)11-9-7-5-2/h12,14H,4-11H2,1-3H3. The molecule has 0 saturated carbocycles. The van der Waals surface area contributed by atoms with E-state index in [0.717, 1.165) is 6.54 Å². The summed E-state index contributed by atoms with van der Waals surface area (Å²) >= 11 is 4.53. The third-order valence-electron chi connectivity index (χ3n) is 2.73. The van der Waals surface area contributed by atoms with Gasteiger partial charge in [-0.3, -0.25) is 4.31 Å². The van der Waals surface area contributed by atoms with Crippen LogP contribution in [0.1, 0.15) is 65.7 Å². The van der Waals surface area contributed by atoms with E-state index >= 15 is 0 Å². The maximum absolute atomic E-state index is 4.53. The van der Waals surface area contributed by atoms with Crippen molar-refractivity contribution >= 4 is 12.8 Å². The maximum atomic E-state index is 4.53. The molecule has 0 amide bonds. The fraction of sp³-hybridized carbons (Fsp3) is 1.00. The summed E-state index contributed by atoms with van der Waals surface area (Å²) in [5.41, 5.74) is 0. The van der Waals surface area contributed by atoms with E-state index in [1.807, 2.05) is 0 Å². The highest BCUT2D eigenvalue weighted by Gasteiger charge is 2.08. The van der Waals surface area contributed by atoms with Crippen LogP contribution in [0.5, 0.6) is 0 Å². The van der Waals surface area contributed by atoms with Gasteiger partial charge < -0.3 is 0 Å². The van der Waals surface area contributed by atoms with Gasteiger partial charge in [-0.1, -0.05) is 58.8 Å². The zero-order valence-corrected chi connectivity index (χ0v) is 11.0. The fourth-order valence-corrected chi connectivity index (χ4v) is 1.84. The topological polar surface area (TPSA) is 3.24 Å². The smallest absolute Gasteiger partial charge is 0.0171 e. The highest BCUT2D eigenvalue weighted by molar-refractivity contribution is 7.77. The van der Waals surface area contributed by atoms with Crippen LogP contribution in [0.25, 0.3) is 0 Å². The average molecular weight is 217 g/mol. The highest BCUT2D eigenvalue weighted by atomic mass is 32.1. The molecule has 0 radical (unpaired) electrons. The Morgan fingerprint density at radius 3 is 2.14 bits per heavy atom. The third-order valence-corrected chi connectivity index (χ3v) is 3.32. The minimum Gasteiger partial charge on any atom is -0.250 e. The fourth-order valence-electron chi connectivity index (χ4n) is 1.58. The van der Waals surface area contributed by atoms with Gasteiger partial charge in [0.1, 0.15) is 0 Å². The first-order valence-corrected chi connectivity index (χ1v) is 6.57. The number of unbranched alkanes of at least 4 members (excludes halogenated alkanes) is 4. The van der Waals surface area contributed by atoms with E-state index in [9.17, 15) is 0 Å². The summed E-state index contributed by atoms with van der Waals surface area (Å²) in [4.78, 5) is 0. The van der Waals surface area contributed by atoms with Crippen molar-refractivity contribution in [3.05, 3.63) is 0 Å². The van der Waals surface area contributed by atoms with E-state index in [1.165, 1.54) is 44.9 Å². The van der Waals surface area contributed by atoms with E-state index in [-0.39, 0.29) is 0 Å². The Labute approximate surface area is 95.8 Å². The molecule has 14 heavy (non-hydrogen) atoms. The van der Waals surface area contributed by atoms with Crippen molar-refractivity contribution in [3.8, 4) is 0 Å². The summed E-state index contributed by atoms with van der Waals surface area (Å²) in [6.07, 6.45) is 9.24. The van der Waals surface area contributed by atoms with Gasteiger partial charge in [0.15, 0.2) is 0 Å². The molecular weight excluding hydrogens is 190 g/mol. The van der Waals surface area contributed by atoms with Gasteiger partial charge in [0.2, 0.25) is 0 Å². The number of nitrogens with zero attached hydrogens (tertiary/aromatic N) is 1. The van der Waals surface area contributed by atoms with Crippen molar-refractivity contribution in [2.75, 3.05) is 6.54 Å². The van der Waals surface area contributed by atoms with Crippen molar-refractivity contribution in [1.29, 1.82) is 0 Å². The number of hydrogen-bond acceptors (Lipinski definition) is 2. The molecule has 1 atom stereocenters. The predicted octanol–water partition coefficient (Wildman–Crippen LogP) is 4.29. The zero-order valence-electron chi connectivity index (χ0n) is 10.1. The van der Waals surface area contributed by atoms with Crippen molar-refractivity contribution in [3.63, 3.8) is 0 Å². The van der Waals surface area contributed by atoms with Crippen LogP contribution >= 0.6 is 12.8 Å². The van der Waals surface area contributed by atoms with Gasteiger partial charge >= 0.3 is 0 Å². The second kappa shape index (κ2) is 9.85. The number of hydrogen-bond donors (Lipinski definition) is 1. The second-order valence-corrected chi connectivity index (χ2v) is 4.73. The third kappa shape index (κ3) is 7.69. The maximum Gasteiger partial charge on any atom is 0.0171 e. The summed E-state index contributed by atoms with van der Waals surface area (Å²) < 4.78 is 2.21. The van der Waals surface area contributed by atoms with Crippen LogP contribution in [0, 0.1) is 0 Å². The number of rotatable bonds is 9. The molecule has 0 aromatic carbocycles. The SMILES string of the molecule is CCCCCC(C)N(S)CCCCC. The van der Waals surface area contributed by atoms with Crippen molar-refractivity contribution < 1.29 is 0 Å². The summed E-state index contributed by atoms with van der Waals surface area (Å²) in [6.45, 7) is 7.93. The van der Waals surface area contributed by atoms with Crippen LogP contribution in [-0.4, -0.2) is 16.9 Å². The van der Waals surface area contributed by atoms with E-state index in [2.05, 4.69) is 37.9 Å². The summed E-state index contributed by atoms with van der Waals surface area (Å²) in [7, 11) is 0. The molecule has 0 spiro atoms. The van der Waals surface area contributed by atoms with Crippen LogP contribution in [-0.2, 0) is 0 Å². The Morgan fingerprint density at radius 2 is 1.57 bits per heavy atom. The summed E-state index contributed by atoms with van der Waals surface area (Å²) in [6, 6.07) is 0.640. The Kier molecular flexibility index (Phi) is 10.1. The summed E-state index contributed by atoms with van der Waals surface area (Å²) in [5.74, 6) is 0. The van der Waals surface area contributed by atoms with Crippen molar-refractivity contribution in [1.82, 2.24) is 4.31 Å². The first kappa shape index (κ1) is 14.3. The lowest BCUT2D eigenvalue weighted by Crippen LogP contribution is -2.25. The minimum absolute atomic E-state index is 0.640. The van der Waals surface area contributed by atoms with Gasteiger partial charge in [-0.05, 0) is 19.8 Å². The van der Waals surface area contributed by atoms with E-state index < -0.39 is 0 Å². The molecule has 0 fully saturated rings. The molecule has 86 valence electrons. The van der Waals surface area contributed by atoms with Gasteiger partial charge in [0.25, 0.3) is 0 Å². The van der Waals surface area contributed by atoms with Gasteiger partial charge in [0, 0.05) is 12.6 Å². The molecule has 0 saturated heterocycles. The minimum atomic E-state index is 0.640. The molecule has 1 unspecified atom stereocenters. The molecule has 0 heterocycles. The lowest BCUT2D eigenvalue weighted by Gasteiger charge is -2.23. The van der Waals surface area contributed by atoms with Crippen LogP contribution in [0.3, 0.4) is 0 Å². The molecule has 1 nitrogen and oxygen atoms in total. The van der Waals surface area contributed by atoms with E-state index in [1.54, 1.807) is 0 Å². The second-order valence-electron chi connectivity index (χ2n) is 4.21. The first-order chi connectivity index (χ1) is 6.72. The molecule has 0 aliphatic rings. The first-order valence-electron chi connectivity index (χ1n) is 6.17. The zero-order chi connectivity index (χ0) is 10.8. The molecule has 0 aliphatic carbocycles. The lowest BCUT2D eigenvalue weighted by molar-refractivity contribution is 0.342. The monoisotopic (exact) mass is 217 g/mol. The largest absolute Gasteiger partial charge is 0.250 e. The Bertz CT molecular complexity index is 103. The number of thiol groups is 1. The molecule has 0 aromatic heterocycles. The predicted molar refractivity (Wildman–Crippen MR) is 68.8 cm³/mol. The lowest BCUT2D eigenvalue weighted by atomic mass is 10.1. The van der Waals surface area contributed by atoms with Crippen LogP contribution in [0.4, 0.5) is 0 Å². The Balaban J connectivity index is 3.39. The molecule has 0 rings (SSSR count). The van der Waals surface area contributed by atoms with Gasteiger partial charge in [0.05, 0.1) is 0 Å². The van der Waals surface area contributed by atoms with Crippen LogP contribution in [0.15, 0.2) is 0 Å². The quantitative estimate of drug-likeness (QED) is 0.445. The van der Waals surface area contributed by atoms with E-state index in [4.69, 9.17) is 0 Å². The Morgan fingerprint density at radius 1 is 1.00 bits per heavy atom. The van der Waals surface area contributed by atoms with Gasteiger partial charge in [-0.2, -0.15) is 0 Å². The van der Waals surface area contributed by atoms with Gasteiger partial charge in [-0.25, -0.2) is 0 Å². The molecular formula is C12H27NS. The Hall–Kier alpha value is 0.310. The molecule has 0 aliphatic heterocycles. The molecule has 0 bridgehead atoms. The van der Waals surface area contributed by atoms with Crippen LogP contribution in [0.2, 0.25) is 0 Å². The average Bonchev–Trinajstić information content (AvgIpc) is 2.18. The van der Waals surface area contributed by atoms with E-state index in [0.29, 0.717) is 6.04 Å². The van der Waals surface area contributed by atoms with Gasteiger partial charge in [-0.15, -0.1) is 0 Å². The normalized spacial score (nSPS) is 13.5. The van der Waals surface area contributed by atoms with Crippen molar-refractivity contribution in [2.45, 2.75) is 71.8 Å². The highest BCUT2D eigenvalue weighted by Crippen LogP contribution is 2.12. The summed E-state index contributed by atoms with van der Waals surface area (Å²) in [5, 5.41) is 0. The molecule has 2 heteroatoms.